The molecule has 0 spiro atoms. The minimum Gasteiger partial charge on any atom is -0.377 e. The molecule has 0 aromatic carbocycles. The summed E-state index contributed by atoms with van der Waals surface area (Å²) in [5.41, 5.74) is 0. The molecule has 3 aliphatic rings. The van der Waals surface area contributed by atoms with Gasteiger partial charge in [0.1, 0.15) is 28.1 Å². The number of nitrogens with one attached hydrogen (secondary N) is 1. The van der Waals surface area contributed by atoms with E-state index >= 15 is 0 Å². The van der Waals surface area contributed by atoms with Crippen LogP contribution >= 0.6 is 11.8 Å². The Balaban J connectivity index is 1.36. The zero-order valence-corrected chi connectivity index (χ0v) is 20.3. The highest BCUT2D eigenvalue weighted by molar-refractivity contribution is 7.98. The first-order chi connectivity index (χ1) is 15.0. The largest absolute Gasteiger partial charge is 0.377 e. The van der Waals surface area contributed by atoms with Crippen molar-refractivity contribution in [2.45, 2.75) is 44.4 Å². The summed E-state index contributed by atoms with van der Waals surface area (Å²) in [6, 6.07) is 2.96. The van der Waals surface area contributed by atoms with Crippen molar-refractivity contribution < 1.29 is 13.2 Å². The summed E-state index contributed by atoms with van der Waals surface area (Å²) in [4.78, 5) is 14.2. The molecule has 0 bridgehead atoms. The fourth-order valence-electron chi connectivity index (χ4n) is 4.91. The van der Waals surface area contributed by atoms with Gasteiger partial charge >= 0.3 is 0 Å². The smallest absolute Gasteiger partial charge is 0.158 e. The lowest BCUT2D eigenvalue weighted by molar-refractivity contribution is 0.172. The highest BCUT2D eigenvalue weighted by atomic mass is 32.2. The van der Waals surface area contributed by atoms with Gasteiger partial charge in [0.05, 0.1) is 11.5 Å². The van der Waals surface area contributed by atoms with E-state index in [1.807, 2.05) is 11.8 Å². The molecule has 10 heteroatoms. The third-order valence-electron chi connectivity index (χ3n) is 6.70. The maximum atomic E-state index is 11.7. The number of aromatic nitrogens is 2. The molecule has 4 rings (SSSR count). The monoisotopic (exact) mass is 469 g/mol. The Kier molecular flexibility index (Phi) is 7.61. The number of sulfone groups is 1. The minimum atomic E-state index is -2.81. The second kappa shape index (κ2) is 10.2. The lowest BCUT2D eigenvalue weighted by Gasteiger charge is -2.41. The lowest BCUT2D eigenvalue weighted by Crippen LogP contribution is -2.52. The van der Waals surface area contributed by atoms with Crippen LogP contribution < -0.4 is 10.2 Å². The lowest BCUT2D eigenvalue weighted by atomic mass is 9.82. The van der Waals surface area contributed by atoms with E-state index in [2.05, 4.69) is 32.4 Å². The van der Waals surface area contributed by atoms with Crippen molar-refractivity contribution in [3.05, 3.63) is 11.9 Å². The molecule has 31 heavy (non-hydrogen) atoms. The molecular formula is C21H35N5O3S2. The van der Waals surface area contributed by atoms with E-state index in [0.29, 0.717) is 36.0 Å². The number of methoxy groups -OCH3 is 1. The topological polar surface area (TPSA) is 87.7 Å². The van der Waals surface area contributed by atoms with Crippen LogP contribution in [-0.4, -0.2) is 92.2 Å². The van der Waals surface area contributed by atoms with Gasteiger partial charge < -0.3 is 15.0 Å². The van der Waals surface area contributed by atoms with Gasteiger partial charge in [0.15, 0.2) is 5.82 Å². The molecular weight excluding hydrogens is 434 g/mol. The number of ether oxygens (including phenoxy) is 1. The summed E-state index contributed by atoms with van der Waals surface area (Å²) in [6.07, 6.45) is 6.11. The van der Waals surface area contributed by atoms with Gasteiger partial charge in [0, 0.05) is 51.4 Å². The quantitative estimate of drug-likeness (QED) is 0.613. The third-order valence-corrected chi connectivity index (χ3v) is 9.22. The molecule has 0 atom stereocenters. The Hall–Kier alpha value is -1.10. The zero-order chi connectivity index (χ0) is 21.8. The van der Waals surface area contributed by atoms with Crippen LogP contribution in [0, 0.1) is 5.92 Å². The van der Waals surface area contributed by atoms with Crippen LogP contribution in [0.5, 0.6) is 0 Å². The number of piperazine rings is 1. The summed E-state index contributed by atoms with van der Waals surface area (Å²) in [5.74, 6) is 5.27. The molecule has 1 saturated carbocycles. The molecule has 1 aliphatic carbocycles. The molecule has 2 aliphatic heterocycles. The molecule has 0 radical (unpaired) electrons. The minimum absolute atomic E-state index is 0.332. The van der Waals surface area contributed by atoms with E-state index < -0.39 is 9.84 Å². The SMILES string of the molecule is COCc1nc(NC2CC(CSC)C2)cc(N2CCN(C3CCS(=O)(=O)CC3)CC2)n1. The van der Waals surface area contributed by atoms with Crippen molar-refractivity contribution in [1.82, 2.24) is 14.9 Å². The summed E-state index contributed by atoms with van der Waals surface area (Å²) in [5, 5.41) is 3.60. The van der Waals surface area contributed by atoms with Crippen LogP contribution in [0.3, 0.4) is 0 Å². The molecule has 8 nitrogen and oxygen atoms in total. The van der Waals surface area contributed by atoms with Gasteiger partial charge in [0.25, 0.3) is 0 Å². The summed E-state index contributed by atoms with van der Waals surface area (Å²) >= 11 is 1.92. The summed E-state index contributed by atoms with van der Waals surface area (Å²) < 4.78 is 28.8. The zero-order valence-electron chi connectivity index (χ0n) is 18.6. The molecule has 0 amide bonds. The molecule has 3 fully saturated rings. The first-order valence-electron chi connectivity index (χ1n) is 11.3. The number of hydrogen-bond donors (Lipinski definition) is 1. The Morgan fingerprint density at radius 3 is 2.52 bits per heavy atom. The van der Waals surface area contributed by atoms with E-state index in [1.165, 1.54) is 18.6 Å². The molecule has 1 aromatic heterocycles. The van der Waals surface area contributed by atoms with E-state index in [1.54, 1.807) is 7.11 Å². The van der Waals surface area contributed by atoms with Gasteiger partial charge in [0.2, 0.25) is 0 Å². The highest BCUT2D eigenvalue weighted by Crippen LogP contribution is 2.32. The average molecular weight is 470 g/mol. The fourth-order valence-corrected chi connectivity index (χ4v) is 7.12. The fraction of sp³-hybridized carbons (Fsp3) is 0.810. The van der Waals surface area contributed by atoms with Crippen molar-refractivity contribution in [2.24, 2.45) is 5.92 Å². The molecule has 1 aromatic rings. The first kappa shape index (κ1) is 23.1. The Bertz CT molecular complexity index is 825. The number of nitrogens with zero attached hydrogens (tertiary/aromatic N) is 4. The second-order valence-electron chi connectivity index (χ2n) is 9.00. The first-order valence-corrected chi connectivity index (χ1v) is 14.5. The average Bonchev–Trinajstić information content (AvgIpc) is 2.73. The Labute approximate surface area is 190 Å². The molecule has 2 saturated heterocycles. The van der Waals surface area contributed by atoms with Crippen LogP contribution in [-0.2, 0) is 21.2 Å². The molecule has 174 valence electrons. The summed E-state index contributed by atoms with van der Waals surface area (Å²) in [7, 11) is -1.14. The van der Waals surface area contributed by atoms with Gasteiger partial charge in [-0.2, -0.15) is 11.8 Å². The van der Waals surface area contributed by atoms with Crippen LogP contribution in [0.25, 0.3) is 0 Å². The molecule has 1 N–H and O–H groups in total. The van der Waals surface area contributed by atoms with Crippen LogP contribution in [0.4, 0.5) is 11.6 Å². The van der Waals surface area contributed by atoms with Crippen molar-refractivity contribution in [3.8, 4) is 0 Å². The van der Waals surface area contributed by atoms with E-state index in [4.69, 9.17) is 9.72 Å². The van der Waals surface area contributed by atoms with Crippen LogP contribution in [0.2, 0.25) is 0 Å². The van der Waals surface area contributed by atoms with Crippen LogP contribution in [0.15, 0.2) is 6.07 Å². The van der Waals surface area contributed by atoms with E-state index in [0.717, 1.165) is 56.6 Å². The van der Waals surface area contributed by atoms with Crippen molar-refractivity contribution in [1.29, 1.82) is 0 Å². The van der Waals surface area contributed by atoms with Gasteiger partial charge in [-0.1, -0.05) is 0 Å². The van der Waals surface area contributed by atoms with Crippen molar-refractivity contribution in [2.75, 3.05) is 67.0 Å². The van der Waals surface area contributed by atoms with Crippen molar-refractivity contribution >= 4 is 33.2 Å². The summed E-state index contributed by atoms with van der Waals surface area (Å²) in [6.45, 7) is 4.07. The Morgan fingerprint density at radius 1 is 1.16 bits per heavy atom. The molecule has 3 heterocycles. The second-order valence-corrected chi connectivity index (χ2v) is 12.2. The Morgan fingerprint density at radius 2 is 1.87 bits per heavy atom. The number of rotatable bonds is 8. The predicted molar refractivity (Wildman–Crippen MR) is 127 cm³/mol. The van der Waals surface area contributed by atoms with Gasteiger partial charge in [-0.3, -0.25) is 4.90 Å². The molecule has 0 unspecified atom stereocenters. The highest BCUT2D eigenvalue weighted by Gasteiger charge is 2.31. The van der Waals surface area contributed by atoms with Gasteiger partial charge in [-0.05, 0) is 43.6 Å². The van der Waals surface area contributed by atoms with E-state index in [-0.39, 0.29) is 0 Å². The predicted octanol–water partition coefficient (Wildman–Crippen LogP) is 1.88. The normalized spacial score (nSPS) is 27.1. The maximum absolute atomic E-state index is 11.7. The number of thioether (sulfide) groups is 1. The maximum Gasteiger partial charge on any atom is 0.158 e. The third kappa shape index (κ3) is 6.03. The standard InChI is InChI=1S/C21H35N5O3S2/c1-29-14-20-23-19(22-17-11-16(12-17)15-30-2)13-21(24-20)26-7-5-25(6-8-26)18-3-9-31(27,28)10-4-18/h13,16-18H,3-12,14-15H2,1-2H3,(H,22,23,24). The van der Waals surface area contributed by atoms with Crippen LogP contribution in [0.1, 0.15) is 31.5 Å². The van der Waals surface area contributed by atoms with E-state index in [9.17, 15) is 8.42 Å². The van der Waals surface area contributed by atoms with Gasteiger partial charge in [-0.15, -0.1) is 0 Å². The van der Waals surface area contributed by atoms with Gasteiger partial charge in [-0.25, -0.2) is 18.4 Å². The number of anilines is 2. The van der Waals surface area contributed by atoms with Crippen molar-refractivity contribution in [3.63, 3.8) is 0 Å². The number of hydrogen-bond acceptors (Lipinski definition) is 9.